The number of aromatic nitrogens is 1. The summed E-state index contributed by atoms with van der Waals surface area (Å²) >= 11 is 0. The molecule has 1 N–H and O–H groups in total. The molecule has 2 aromatic rings. The van der Waals surface area contributed by atoms with Crippen LogP contribution in [0.5, 0.6) is 5.75 Å². The topological polar surface area (TPSA) is 46.8 Å². The number of allylic oxidation sites excluding steroid dienone is 2. The van der Waals surface area contributed by atoms with Gasteiger partial charge < -0.3 is 14.4 Å². The lowest BCUT2D eigenvalue weighted by molar-refractivity contribution is 0.271. The van der Waals surface area contributed by atoms with Gasteiger partial charge in [0.05, 0.1) is 18.7 Å². The number of aliphatic hydroxyl groups is 1. The molecule has 4 nitrogen and oxygen atoms in total. The number of hydrogen-bond donors (Lipinski definition) is 1. The summed E-state index contributed by atoms with van der Waals surface area (Å²) in [5.41, 5.74) is 1.08. The van der Waals surface area contributed by atoms with Gasteiger partial charge in [-0.25, -0.2) is 0 Å². The van der Waals surface area contributed by atoms with E-state index in [9.17, 15) is 5.11 Å². The van der Waals surface area contributed by atoms with Crippen LogP contribution in [0.15, 0.2) is 60.4 Å². The van der Waals surface area contributed by atoms with E-state index in [1.54, 1.807) is 7.11 Å². The summed E-state index contributed by atoms with van der Waals surface area (Å²) < 4.78 is 7.58. The fourth-order valence-electron chi connectivity index (χ4n) is 2.31. The van der Waals surface area contributed by atoms with Gasteiger partial charge in [0.2, 0.25) is 0 Å². The van der Waals surface area contributed by atoms with Crippen LogP contribution in [0, 0.1) is 0 Å². The number of benzene rings is 1. The first-order valence-corrected chi connectivity index (χ1v) is 8.17. The molecule has 0 aliphatic rings. The fourth-order valence-corrected chi connectivity index (χ4v) is 2.31. The molecule has 0 radical (unpaired) electrons. The average Bonchev–Trinajstić information content (AvgIpc) is 3.07. The van der Waals surface area contributed by atoms with Crippen LogP contribution in [0.4, 0.5) is 0 Å². The number of hydrogen-bond acceptors (Lipinski definition) is 3. The molecule has 1 heterocycles. The maximum absolute atomic E-state index is 9.18. The summed E-state index contributed by atoms with van der Waals surface area (Å²) in [4.78, 5) is 3.25. The first-order chi connectivity index (χ1) is 11.7. The molecular formula is C20H30N2O2. The Kier molecular flexibility index (Phi) is 11.9. The molecule has 4 heteroatoms. The van der Waals surface area contributed by atoms with Crippen LogP contribution in [0.1, 0.15) is 33.2 Å². The van der Waals surface area contributed by atoms with E-state index in [1.807, 2.05) is 45.2 Å². The van der Waals surface area contributed by atoms with Gasteiger partial charge in [-0.2, -0.15) is 0 Å². The minimum atomic E-state index is 0.161. The van der Waals surface area contributed by atoms with E-state index in [-0.39, 0.29) is 12.6 Å². The number of fused-ring (bicyclic) bond motifs is 1. The van der Waals surface area contributed by atoms with E-state index >= 15 is 0 Å². The van der Waals surface area contributed by atoms with Crippen LogP contribution in [0.25, 0.3) is 10.9 Å². The Morgan fingerprint density at radius 1 is 1.33 bits per heavy atom. The normalized spacial score (nSPS) is 11.0. The smallest absolute Gasteiger partial charge is 0.143 e. The molecule has 0 amide bonds. The monoisotopic (exact) mass is 330 g/mol. The standard InChI is InChI=1S/C15H19NO2.C3H5N.C2H6/c1-3-5-13(9-11-17)16-10-8-12-6-4-7-14(18-2)15(12)16;1-3-4-2;1-2/h3-8,10,13,17H,9,11H2,1-2H3;3H,1-2H2;1-2H3/b5-3+;;. The Hall–Kier alpha value is -2.33. The van der Waals surface area contributed by atoms with Crippen LogP contribution in [0.3, 0.4) is 0 Å². The van der Waals surface area contributed by atoms with Crippen molar-refractivity contribution >= 4 is 17.6 Å². The molecule has 1 aromatic carbocycles. The first kappa shape index (κ1) is 21.7. The number of nitrogens with zero attached hydrogens (tertiary/aromatic N) is 2. The molecule has 132 valence electrons. The summed E-state index contributed by atoms with van der Waals surface area (Å²) in [5, 5.41) is 10.3. The number of aliphatic hydroxyl groups excluding tert-OH is 1. The maximum atomic E-state index is 9.18. The number of methoxy groups -OCH3 is 1. The summed E-state index contributed by atoms with van der Waals surface area (Å²) in [6, 6.07) is 8.26. The molecule has 0 bridgehead atoms. The Labute approximate surface area is 145 Å². The Morgan fingerprint density at radius 2 is 2.00 bits per heavy atom. The van der Waals surface area contributed by atoms with Crippen molar-refractivity contribution in [2.45, 2.75) is 33.2 Å². The molecule has 0 saturated heterocycles. The highest BCUT2D eigenvalue weighted by Gasteiger charge is 2.12. The molecule has 1 aromatic heterocycles. The Bertz CT molecular complexity index is 624. The molecular weight excluding hydrogens is 300 g/mol. The SMILES string of the molecule is C/C=C/C(CCO)n1ccc2cccc(OC)c21.C=CN=C.CC. The number of rotatable bonds is 6. The number of aliphatic imine (C=N–C) groups is 1. The average molecular weight is 330 g/mol. The molecule has 0 aliphatic heterocycles. The van der Waals surface area contributed by atoms with E-state index in [0.29, 0.717) is 6.42 Å². The van der Waals surface area contributed by atoms with Crippen LogP contribution >= 0.6 is 0 Å². The van der Waals surface area contributed by atoms with Crippen molar-refractivity contribution in [2.24, 2.45) is 4.99 Å². The van der Waals surface area contributed by atoms with E-state index in [2.05, 4.69) is 41.1 Å². The molecule has 0 saturated carbocycles. The zero-order valence-electron chi connectivity index (χ0n) is 15.3. The highest BCUT2D eigenvalue weighted by atomic mass is 16.5. The number of para-hydroxylation sites is 1. The van der Waals surface area contributed by atoms with Gasteiger partial charge >= 0.3 is 0 Å². The van der Waals surface area contributed by atoms with E-state index in [4.69, 9.17) is 4.74 Å². The minimum absolute atomic E-state index is 0.161. The van der Waals surface area contributed by atoms with Crippen LogP contribution in [-0.2, 0) is 0 Å². The summed E-state index contributed by atoms with van der Waals surface area (Å²) in [6.45, 7) is 12.5. The van der Waals surface area contributed by atoms with Crippen molar-refractivity contribution in [3.05, 3.63) is 55.4 Å². The summed E-state index contributed by atoms with van der Waals surface area (Å²) in [7, 11) is 1.68. The zero-order chi connectivity index (χ0) is 18.4. The maximum Gasteiger partial charge on any atom is 0.143 e. The van der Waals surface area contributed by atoms with E-state index in [1.165, 1.54) is 6.20 Å². The van der Waals surface area contributed by atoms with Gasteiger partial charge in [0.15, 0.2) is 0 Å². The van der Waals surface area contributed by atoms with Crippen LogP contribution < -0.4 is 4.74 Å². The van der Waals surface area contributed by atoms with Gasteiger partial charge in [-0.3, -0.25) is 4.99 Å². The third kappa shape index (κ3) is 6.05. The Morgan fingerprint density at radius 3 is 2.50 bits per heavy atom. The molecule has 24 heavy (non-hydrogen) atoms. The van der Waals surface area contributed by atoms with Crippen LogP contribution in [-0.4, -0.2) is 30.1 Å². The molecule has 1 unspecified atom stereocenters. The van der Waals surface area contributed by atoms with Crippen molar-refractivity contribution in [3.63, 3.8) is 0 Å². The minimum Gasteiger partial charge on any atom is -0.495 e. The highest BCUT2D eigenvalue weighted by molar-refractivity contribution is 5.86. The molecule has 2 rings (SSSR count). The van der Waals surface area contributed by atoms with Crippen molar-refractivity contribution in [3.8, 4) is 5.75 Å². The zero-order valence-corrected chi connectivity index (χ0v) is 15.3. The predicted molar refractivity (Wildman–Crippen MR) is 105 cm³/mol. The lowest BCUT2D eigenvalue weighted by atomic mass is 10.2. The van der Waals surface area contributed by atoms with Gasteiger partial charge in [-0.15, -0.1) is 0 Å². The van der Waals surface area contributed by atoms with Crippen molar-refractivity contribution in [1.29, 1.82) is 0 Å². The van der Waals surface area contributed by atoms with Crippen molar-refractivity contribution < 1.29 is 9.84 Å². The van der Waals surface area contributed by atoms with Gasteiger partial charge in [0.1, 0.15) is 5.75 Å². The van der Waals surface area contributed by atoms with Gasteiger partial charge in [0.25, 0.3) is 0 Å². The van der Waals surface area contributed by atoms with E-state index in [0.717, 1.165) is 16.7 Å². The Balaban J connectivity index is 0.000000773. The third-order valence-corrected chi connectivity index (χ3v) is 3.25. The second-order valence-corrected chi connectivity index (χ2v) is 4.59. The third-order valence-electron chi connectivity index (χ3n) is 3.25. The highest BCUT2D eigenvalue weighted by Crippen LogP contribution is 2.30. The number of ether oxygens (including phenoxy) is 1. The first-order valence-electron chi connectivity index (χ1n) is 8.17. The molecule has 0 fully saturated rings. The van der Waals surface area contributed by atoms with Crippen LogP contribution in [0.2, 0.25) is 0 Å². The quantitative estimate of drug-likeness (QED) is 0.598. The van der Waals surface area contributed by atoms with Gasteiger partial charge in [0, 0.05) is 24.4 Å². The summed E-state index contributed by atoms with van der Waals surface area (Å²) in [5.74, 6) is 0.866. The molecule has 0 aliphatic carbocycles. The van der Waals surface area contributed by atoms with Crippen molar-refractivity contribution in [1.82, 2.24) is 4.57 Å². The fraction of sp³-hybridized carbons (Fsp3) is 0.350. The predicted octanol–water partition coefficient (Wildman–Crippen LogP) is 5.01. The van der Waals surface area contributed by atoms with E-state index < -0.39 is 0 Å². The molecule has 1 atom stereocenters. The largest absolute Gasteiger partial charge is 0.495 e. The van der Waals surface area contributed by atoms with Gasteiger partial charge in [-0.05, 0) is 32.2 Å². The lowest BCUT2D eigenvalue weighted by Crippen LogP contribution is -2.07. The van der Waals surface area contributed by atoms with Crippen molar-refractivity contribution in [2.75, 3.05) is 13.7 Å². The lowest BCUT2D eigenvalue weighted by Gasteiger charge is -2.16. The van der Waals surface area contributed by atoms with Gasteiger partial charge in [-0.1, -0.05) is 44.7 Å². The molecule has 0 spiro atoms. The summed E-state index contributed by atoms with van der Waals surface area (Å²) in [6.07, 6.45) is 8.25. The second kappa shape index (κ2) is 13.1. The second-order valence-electron chi connectivity index (χ2n) is 4.59.